The van der Waals surface area contributed by atoms with Gasteiger partial charge in [-0.05, 0) is 44.4 Å². The van der Waals surface area contributed by atoms with Crippen LogP contribution in [0.15, 0.2) is 23.1 Å². The Hall–Kier alpha value is -3.32. The van der Waals surface area contributed by atoms with Crippen LogP contribution in [0.3, 0.4) is 0 Å². The second kappa shape index (κ2) is 10.3. The first-order valence-corrected chi connectivity index (χ1v) is 13.5. The van der Waals surface area contributed by atoms with Crippen LogP contribution >= 0.6 is 0 Å². The molecule has 0 unspecified atom stereocenters. The molecule has 36 heavy (non-hydrogen) atoms. The molecule has 11 nitrogen and oxygen atoms in total. The Morgan fingerprint density at radius 1 is 1.28 bits per heavy atom. The summed E-state index contributed by atoms with van der Waals surface area (Å²) in [5, 5.41) is 2.98. The molecule has 1 saturated heterocycles. The van der Waals surface area contributed by atoms with Gasteiger partial charge in [0.2, 0.25) is 5.91 Å². The molecular formula is C23H29FN6O5S. The number of sulfone groups is 1. The van der Waals surface area contributed by atoms with Gasteiger partial charge in [0.1, 0.15) is 23.6 Å². The first-order chi connectivity index (χ1) is 17.0. The molecule has 3 heterocycles. The lowest BCUT2D eigenvalue weighted by Crippen LogP contribution is -2.48. The topological polar surface area (TPSA) is 148 Å². The van der Waals surface area contributed by atoms with Crippen LogP contribution in [0.5, 0.6) is 0 Å². The Morgan fingerprint density at radius 3 is 2.75 bits per heavy atom. The highest BCUT2D eigenvalue weighted by Crippen LogP contribution is 2.28. The van der Waals surface area contributed by atoms with E-state index in [2.05, 4.69) is 15.3 Å². The van der Waals surface area contributed by atoms with E-state index in [9.17, 15) is 22.4 Å². The van der Waals surface area contributed by atoms with E-state index in [4.69, 9.17) is 10.5 Å². The Morgan fingerprint density at radius 2 is 2.06 bits per heavy atom. The molecule has 13 heteroatoms. The fourth-order valence-electron chi connectivity index (χ4n) is 4.52. The Kier molecular flexibility index (Phi) is 7.41. The van der Waals surface area contributed by atoms with Crippen LogP contribution in [0, 0.1) is 12.7 Å². The number of aryl methyl sites for hydroxylation is 1. The highest BCUT2D eigenvalue weighted by molar-refractivity contribution is 7.90. The van der Waals surface area contributed by atoms with Gasteiger partial charge >= 0.3 is 6.09 Å². The zero-order valence-corrected chi connectivity index (χ0v) is 21.0. The molecule has 0 bridgehead atoms. The number of nitrogens with zero attached hydrogens (tertiary/aromatic N) is 4. The van der Waals surface area contributed by atoms with E-state index < -0.39 is 27.9 Å². The van der Waals surface area contributed by atoms with Gasteiger partial charge in [0, 0.05) is 31.5 Å². The molecule has 3 N–H and O–H groups in total. The van der Waals surface area contributed by atoms with Gasteiger partial charge in [-0.15, -0.1) is 0 Å². The summed E-state index contributed by atoms with van der Waals surface area (Å²) in [6.45, 7) is 3.83. The first-order valence-electron chi connectivity index (χ1n) is 11.6. The number of aromatic nitrogens is 2. The van der Waals surface area contributed by atoms with Crippen LogP contribution in [0.1, 0.15) is 29.9 Å². The summed E-state index contributed by atoms with van der Waals surface area (Å²) in [6, 6.07) is 3.69. The number of carbonyl (C=O) groups excluding carboxylic acids is 2. The van der Waals surface area contributed by atoms with E-state index >= 15 is 0 Å². The molecule has 4 rings (SSSR count). The maximum atomic E-state index is 14.6. The number of nitrogens with one attached hydrogen (secondary N) is 1. The molecule has 0 saturated carbocycles. The van der Waals surface area contributed by atoms with Gasteiger partial charge in [-0.2, -0.15) is 0 Å². The Bertz CT molecular complexity index is 1290. The van der Waals surface area contributed by atoms with Gasteiger partial charge in [-0.25, -0.2) is 27.6 Å². The minimum Gasteiger partial charge on any atom is -0.445 e. The molecule has 0 radical (unpaired) electrons. The number of halogens is 1. The summed E-state index contributed by atoms with van der Waals surface area (Å²) < 4.78 is 43.1. The molecule has 1 aromatic carbocycles. The summed E-state index contributed by atoms with van der Waals surface area (Å²) in [5.74, 6) is 0.177. The maximum absolute atomic E-state index is 14.6. The van der Waals surface area contributed by atoms with E-state index in [1.165, 1.54) is 12.1 Å². The predicted octanol–water partition coefficient (Wildman–Crippen LogP) is 1.52. The summed E-state index contributed by atoms with van der Waals surface area (Å²) in [4.78, 5) is 36.5. The minimum absolute atomic E-state index is 0.0617. The normalized spacial score (nSPS) is 18.4. The summed E-state index contributed by atoms with van der Waals surface area (Å²) in [7, 11) is -3.53. The average molecular weight is 521 g/mol. The van der Waals surface area contributed by atoms with Crippen LogP contribution < -0.4 is 11.1 Å². The van der Waals surface area contributed by atoms with Gasteiger partial charge in [-0.3, -0.25) is 9.69 Å². The third kappa shape index (κ3) is 6.08. The number of ether oxygens (including phenoxy) is 1. The number of nitrogens with two attached hydrogens (primary N) is 1. The largest absolute Gasteiger partial charge is 0.445 e. The van der Waals surface area contributed by atoms with Gasteiger partial charge in [-0.1, -0.05) is 0 Å². The zero-order chi connectivity index (χ0) is 26.0. The number of fused-ring (bicyclic) bond motifs is 1. The van der Waals surface area contributed by atoms with Crippen LogP contribution in [-0.2, 0) is 32.3 Å². The fourth-order valence-corrected chi connectivity index (χ4v) is 5.15. The van der Waals surface area contributed by atoms with Gasteiger partial charge in [0.15, 0.2) is 9.84 Å². The van der Waals surface area contributed by atoms with Crippen molar-refractivity contribution in [2.24, 2.45) is 5.73 Å². The molecule has 2 aliphatic heterocycles. The SMILES string of the molecule is Cc1nc2c(c(Nc3ccc(S(C)(=O)=O)cc3F)n1)CCN(CC(=O)N1CCC[C@@H](OC(N)=O)C1)C2. The monoisotopic (exact) mass is 520 g/mol. The number of benzene rings is 1. The molecule has 2 aliphatic rings. The third-order valence-corrected chi connectivity index (χ3v) is 7.36. The van der Waals surface area contributed by atoms with E-state index in [1.807, 2.05) is 4.90 Å². The maximum Gasteiger partial charge on any atom is 0.404 e. The number of carbonyl (C=O) groups is 2. The highest BCUT2D eigenvalue weighted by Gasteiger charge is 2.29. The Balaban J connectivity index is 1.45. The van der Waals surface area contributed by atoms with E-state index in [0.29, 0.717) is 50.7 Å². The summed E-state index contributed by atoms with van der Waals surface area (Å²) >= 11 is 0. The van der Waals surface area contributed by atoms with Crippen LogP contribution in [0.25, 0.3) is 0 Å². The molecule has 1 atom stereocenters. The summed E-state index contributed by atoms with van der Waals surface area (Å²) in [5.41, 5.74) is 6.78. The van der Waals surface area contributed by atoms with Crippen LogP contribution in [-0.4, -0.2) is 78.7 Å². The lowest BCUT2D eigenvalue weighted by Gasteiger charge is -2.34. The zero-order valence-electron chi connectivity index (χ0n) is 20.2. The van der Waals surface area contributed by atoms with E-state index in [1.54, 1.807) is 11.8 Å². The number of likely N-dealkylation sites (tertiary alicyclic amines) is 1. The second-order valence-electron chi connectivity index (χ2n) is 9.09. The number of anilines is 2. The van der Waals surface area contributed by atoms with Crippen molar-refractivity contribution < 1.29 is 27.1 Å². The van der Waals surface area contributed by atoms with Crippen molar-refractivity contribution in [3.8, 4) is 0 Å². The van der Waals surface area contributed by atoms with Gasteiger partial charge in [0.25, 0.3) is 0 Å². The number of piperidine rings is 1. The second-order valence-corrected chi connectivity index (χ2v) is 11.1. The van der Waals surface area contributed by atoms with Crippen molar-refractivity contribution in [2.45, 2.75) is 43.7 Å². The molecule has 1 aromatic heterocycles. The number of hydrogen-bond acceptors (Lipinski definition) is 9. The van der Waals surface area contributed by atoms with E-state index in [-0.39, 0.29) is 23.0 Å². The molecule has 0 aliphatic carbocycles. The molecule has 194 valence electrons. The summed E-state index contributed by atoms with van der Waals surface area (Å²) in [6.07, 6.45) is 1.74. The fraction of sp³-hybridized carbons (Fsp3) is 0.478. The van der Waals surface area contributed by atoms with E-state index in [0.717, 1.165) is 30.0 Å². The van der Waals surface area contributed by atoms with Crippen molar-refractivity contribution >= 4 is 33.3 Å². The van der Waals surface area contributed by atoms with Gasteiger partial charge < -0.3 is 20.7 Å². The number of rotatable bonds is 6. The molecular weight excluding hydrogens is 491 g/mol. The number of primary amides is 1. The number of amides is 2. The van der Waals surface area contributed by atoms with Crippen molar-refractivity contribution in [3.63, 3.8) is 0 Å². The van der Waals surface area contributed by atoms with Crippen molar-refractivity contribution in [1.29, 1.82) is 0 Å². The smallest absolute Gasteiger partial charge is 0.404 e. The van der Waals surface area contributed by atoms with Crippen LogP contribution in [0.2, 0.25) is 0 Å². The first kappa shape index (κ1) is 25.8. The third-order valence-electron chi connectivity index (χ3n) is 6.25. The molecule has 2 amide bonds. The van der Waals surface area contributed by atoms with Crippen molar-refractivity contribution in [1.82, 2.24) is 19.8 Å². The highest BCUT2D eigenvalue weighted by atomic mass is 32.2. The van der Waals surface area contributed by atoms with Crippen molar-refractivity contribution in [2.75, 3.05) is 37.8 Å². The minimum atomic E-state index is -3.53. The lowest BCUT2D eigenvalue weighted by molar-refractivity contribution is -0.135. The quantitative estimate of drug-likeness (QED) is 0.578. The van der Waals surface area contributed by atoms with Gasteiger partial charge in [0.05, 0.1) is 29.4 Å². The molecule has 1 fully saturated rings. The Labute approximate surface area is 208 Å². The number of hydrogen-bond donors (Lipinski definition) is 2. The standard InChI is InChI=1S/C23H29FN6O5S/c1-14-26-20-12-29(13-21(31)30-8-3-4-15(11-30)35-23(25)32)9-7-17(20)22(27-14)28-19-6-5-16(10-18(19)24)36(2,33)34/h5-6,10,15H,3-4,7-9,11-13H2,1-2H3,(H2,25,32)(H,26,27,28)/t15-/m1/s1. The van der Waals surface area contributed by atoms with Crippen molar-refractivity contribution in [3.05, 3.63) is 41.1 Å². The lowest BCUT2D eigenvalue weighted by atomic mass is 10.0. The molecule has 2 aromatic rings. The predicted molar refractivity (Wildman–Crippen MR) is 129 cm³/mol. The van der Waals surface area contributed by atoms with Crippen LogP contribution in [0.4, 0.5) is 20.7 Å². The molecule has 0 spiro atoms. The average Bonchev–Trinajstić information content (AvgIpc) is 2.79.